The van der Waals surface area contributed by atoms with Gasteiger partial charge in [-0.1, -0.05) is 25.1 Å². The van der Waals surface area contributed by atoms with Gasteiger partial charge in [0.05, 0.1) is 0 Å². The molecule has 0 radical (unpaired) electrons. The zero-order valence-electron chi connectivity index (χ0n) is 14.2. The minimum atomic E-state index is -0.0443. The van der Waals surface area contributed by atoms with Gasteiger partial charge in [0, 0.05) is 31.0 Å². The second-order valence-corrected chi connectivity index (χ2v) is 6.70. The molecule has 0 unspecified atom stereocenters. The van der Waals surface area contributed by atoms with Gasteiger partial charge in [-0.05, 0) is 61.2 Å². The molecular weight excluding hydrogens is 298 g/mol. The van der Waals surface area contributed by atoms with Crippen LogP contribution in [0.4, 0.5) is 0 Å². The van der Waals surface area contributed by atoms with Gasteiger partial charge in [0.25, 0.3) is 5.91 Å². The van der Waals surface area contributed by atoms with E-state index in [9.17, 15) is 4.79 Å². The number of rotatable bonds is 5. The molecule has 0 atom stereocenters. The average molecular weight is 323 g/mol. The van der Waals surface area contributed by atoms with Crippen LogP contribution < -0.4 is 5.32 Å². The highest BCUT2D eigenvalue weighted by Gasteiger charge is 2.15. The molecule has 4 nitrogen and oxygen atoms in total. The fourth-order valence-corrected chi connectivity index (χ4v) is 3.03. The summed E-state index contributed by atoms with van der Waals surface area (Å²) in [6.07, 6.45) is 6.07. The van der Waals surface area contributed by atoms with Gasteiger partial charge in [-0.25, -0.2) is 0 Å². The van der Waals surface area contributed by atoms with Crippen molar-refractivity contribution in [1.82, 2.24) is 15.2 Å². The molecule has 126 valence electrons. The van der Waals surface area contributed by atoms with E-state index in [0.717, 1.165) is 18.0 Å². The number of amides is 1. The monoisotopic (exact) mass is 323 g/mol. The molecule has 1 aromatic carbocycles. The van der Waals surface area contributed by atoms with Crippen LogP contribution in [0.15, 0.2) is 48.8 Å². The van der Waals surface area contributed by atoms with Gasteiger partial charge in [0.2, 0.25) is 0 Å². The van der Waals surface area contributed by atoms with E-state index in [1.165, 1.54) is 31.5 Å². The van der Waals surface area contributed by atoms with E-state index >= 15 is 0 Å². The van der Waals surface area contributed by atoms with Crippen LogP contribution in [0.5, 0.6) is 0 Å². The summed E-state index contributed by atoms with van der Waals surface area (Å²) in [5, 5.41) is 2.93. The van der Waals surface area contributed by atoms with E-state index in [4.69, 9.17) is 0 Å². The quantitative estimate of drug-likeness (QED) is 0.919. The summed E-state index contributed by atoms with van der Waals surface area (Å²) in [4.78, 5) is 18.8. The molecular formula is C20H25N3O. The first-order chi connectivity index (χ1) is 11.7. The number of aromatic nitrogens is 1. The maximum Gasteiger partial charge on any atom is 0.251 e. The fourth-order valence-electron chi connectivity index (χ4n) is 3.03. The minimum Gasteiger partial charge on any atom is -0.348 e. The molecule has 1 aliphatic rings. The molecule has 1 saturated heterocycles. The van der Waals surface area contributed by atoms with E-state index in [1.54, 1.807) is 12.4 Å². The molecule has 0 aliphatic carbocycles. The van der Waals surface area contributed by atoms with Crippen molar-refractivity contribution in [1.29, 1.82) is 0 Å². The average Bonchev–Trinajstić information content (AvgIpc) is 2.63. The highest BCUT2D eigenvalue weighted by atomic mass is 16.1. The lowest BCUT2D eigenvalue weighted by atomic mass is 9.99. The van der Waals surface area contributed by atoms with Crippen molar-refractivity contribution >= 4 is 5.91 Å². The van der Waals surface area contributed by atoms with Crippen LogP contribution in [0.3, 0.4) is 0 Å². The van der Waals surface area contributed by atoms with Crippen LogP contribution in [-0.2, 0) is 13.1 Å². The van der Waals surface area contributed by atoms with Crippen LogP contribution in [0, 0.1) is 5.92 Å². The van der Waals surface area contributed by atoms with Crippen molar-refractivity contribution in [3.63, 3.8) is 0 Å². The summed E-state index contributed by atoms with van der Waals surface area (Å²) < 4.78 is 0. The Labute approximate surface area is 143 Å². The summed E-state index contributed by atoms with van der Waals surface area (Å²) in [6, 6.07) is 11.8. The van der Waals surface area contributed by atoms with Crippen molar-refractivity contribution in [3.05, 3.63) is 65.5 Å². The van der Waals surface area contributed by atoms with Crippen LogP contribution in [0.1, 0.15) is 41.3 Å². The highest BCUT2D eigenvalue weighted by molar-refractivity contribution is 5.94. The Kier molecular flexibility index (Phi) is 5.59. The lowest BCUT2D eigenvalue weighted by Gasteiger charge is -2.30. The van der Waals surface area contributed by atoms with Gasteiger partial charge in [-0.15, -0.1) is 0 Å². The first kappa shape index (κ1) is 16.7. The first-order valence-corrected chi connectivity index (χ1v) is 8.69. The number of pyridine rings is 1. The number of nitrogens with one attached hydrogen (secondary N) is 1. The Morgan fingerprint density at radius 3 is 2.58 bits per heavy atom. The van der Waals surface area contributed by atoms with Gasteiger partial charge in [0.15, 0.2) is 0 Å². The topological polar surface area (TPSA) is 45.2 Å². The van der Waals surface area contributed by atoms with Crippen molar-refractivity contribution in [2.45, 2.75) is 32.9 Å². The third-order valence-electron chi connectivity index (χ3n) is 4.67. The summed E-state index contributed by atoms with van der Waals surface area (Å²) in [5.74, 6) is 0.810. The van der Waals surface area contributed by atoms with E-state index in [1.807, 2.05) is 24.3 Å². The number of carbonyl (C=O) groups is 1. The van der Waals surface area contributed by atoms with Gasteiger partial charge in [0.1, 0.15) is 0 Å². The Bertz CT molecular complexity index is 646. The number of piperidine rings is 1. The molecule has 0 spiro atoms. The molecule has 1 fully saturated rings. The number of benzene rings is 1. The maximum atomic E-state index is 12.2. The second-order valence-electron chi connectivity index (χ2n) is 6.70. The smallest absolute Gasteiger partial charge is 0.251 e. The van der Waals surface area contributed by atoms with Gasteiger partial charge < -0.3 is 5.32 Å². The minimum absolute atomic E-state index is 0.0443. The molecule has 2 aromatic rings. The zero-order chi connectivity index (χ0) is 16.8. The molecule has 24 heavy (non-hydrogen) atoms. The van der Waals surface area contributed by atoms with Gasteiger partial charge >= 0.3 is 0 Å². The Hall–Kier alpha value is -2.20. The molecule has 4 heteroatoms. The highest BCUT2D eigenvalue weighted by Crippen LogP contribution is 2.18. The van der Waals surface area contributed by atoms with Crippen LogP contribution in [0.25, 0.3) is 0 Å². The van der Waals surface area contributed by atoms with Crippen molar-refractivity contribution in [2.75, 3.05) is 13.1 Å². The van der Waals surface area contributed by atoms with Crippen molar-refractivity contribution < 1.29 is 4.79 Å². The van der Waals surface area contributed by atoms with Crippen molar-refractivity contribution in [3.8, 4) is 0 Å². The van der Waals surface area contributed by atoms with Crippen LogP contribution in [-0.4, -0.2) is 28.9 Å². The fraction of sp³-hybridized carbons (Fsp3) is 0.400. The third-order valence-corrected chi connectivity index (χ3v) is 4.67. The number of nitrogens with zero attached hydrogens (tertiary/aromatic N) is 2. The molecule has 0 saturated carbocycles. The molecule has 1 aromatic heterocycles. The van der Waals surface area contributed by atoms with E-state index in [0.29, 0.717) is 12.1 Å². The SMILES string of the molecule is CC1CCN(Cc2ccc(C(=O)NCc3cccnc3)cc2)CC1. The molecule has 3 rings (SSSR count). The Balaban J connectivity index is 1.51. The number of hydrogen-bond acceptors (Lipinski definition) is 3. The standard InChI is InChI=1S/C20H25N3O/c1-16-8-11-23(12-9-16)15-17-4-6-19(7-5-17)20(24)22-14-18-3-2-10-21-13-18/h2-7,10,13,16H,8-9,11-12,14-15H2,1H3,(H,22,24). The second kappa shape index (κ2) is 8.06. The summed E-state index contributed by atoms with van der Waals surface area (Å²) in [5.41, 5.74) is 2.98. The lowest BCUT2D eigenvalue weighted by Crippen LogP contribution is -2.32. The largest absolute Gasteiger partial charge is 0.348 e. The molecule has 1 amide bonds. The third kappa shape index (κ3) is 4.65. The van der Waals surface area contributed by atoms with E-state index < -0.39 is 0 Å². The first-order valence-electron chi connectivity index (χ1n) is 8.69. The summed E-state index contributed by atoms with van der Waals surface area (Å²) in [6.45, 7) is 6.16. The molecule has 1 N–H and O–H groups in total. The normalized spacial score (nSPS) is 16.0. The summed E-state index contributed by atoms with van der Waals surface area (Å²) >= 11 is 0. The van der Waals surface area contributed by atoms with Gasteiger partial charge in [-0.2, -0.15) is 0 Å². The maximum absolute atomic E-state index is 12.2. The summed E-state index contributed by atoms with van der Waals surface area (Å²) in [7, 11) is 0. The van der Waals surface area contributed by atoms with Crippen LogP contribution in [0.2, 0.25) is 0 Å². The lowest BCUT2D eigenvalue weighted by molar-refractivity contribution is 0.0951. The van der Waals surface area contributed by atoms with Crippen molar-refractivity contribution in [2.24, 2.45) is 5.92 Å². The number of likely N-dealkylation sites (tertiary alicyclic amines) is 1. The van der Waals surface area contributed by atoms with E-state index in [2.05, 4.69) is 34.3 Å². The molecule has 0 bridgehead atoms. The number of carbonyl (C=O) groups excluding carboxylic acids is 1. The number of hydrogen-bond donors (Lipinski definition) is 1. The zero-order valence-corrected chi connectivity index (χ0v) is 14.2. The molecule has 2 heterocycles. The van der Waals surface area contributed by atoms with E-state index in [-0.39, 0.29) is 5.91 Å². The van der Waals surface area contributed by atoms with Crippen LogP contribution >= 0.6 is 0 Å². The predicted octanol–water partition coefficient (Wildman–Crippen LogP) is 3.24. The predicted molar refractivity (Wildman–Crippen MR) is 95.5 cm³/mol. The Morgan fingerprint density at radius 2 is 1.92 bits per heavy atom. The van der Waals surface area contributed by atoms with Gasteiger partial charge in [-0.3, -0.25) is 14.7 Å². The molecule has 1 aliphatic heterocycles. The Morgan fingerprint density at radius 1 is 1.17 bits per heavy atom.